The zero-order valence-corrected chi connectivity index (χ0v) is 57.4. The van der Waals surface area contributed by atoms with Gasteiger partial charge < -0.3 is 20.3 Å². The van der Waals surface area contributed by atoms with E-state index < -0.39 is 12.1 Å². The molecule has 3 N–H and O–H groups in total. The Bertz CT molecular complexity index is 1270. The van der Waals surface area contributed by atoms with E-state index in [1.54, 1.807) is 0 Å². The van der Waals surface area contributed by atoms with Crippen LogP contribution in [0.5, 0.6) is 0 Å². The van der Waals surface area contributed by atoms with E-state index in [1.807, 2.05) is 0 Å². The molecule has 2 atom stereocenters. The topological polar surface area (TPSA) is 95.9 Å². The molecule has 0 heterocycles. The molecule has 0 fully saturated rings. The number of carbonyl (C=O) groups excluding carboxylic acids is 2. The van der Waals surface area contributed by atoms with Crippen LogP contribution < -0.4 is 5.32 Å². The van der Waals surface area contributed by atoms with Crippen molar-refractivity contribution in [3.05, 3.63) is 12.2 Å². The maximum Gasteiger partial charge on any atom is 0.305 e. The van der Waals surface area contributed by atoms with Crippen molar-refractivity contribution in [3.63, 3.8) is 0 Å². The number of aliphatic hydroxyl groups is 2. The monoisotopic (exact) mass is 1180 g/mol. The maximum atomic E-state index is 12.5. The lowest BCUT2D eigenvalue weighted by Gasteiger charge is -2.22. The van der Waals surface area contributed by atoms with Crippen molar-refractivity contribution in [1.82, 2.24) is 5.32 Å². The van der Waals surface area contributed by atoms with Crippen molar-refractivity contribution in [3.8, 4) is 0 Å². The van der Waals surface area contributed by atoms with Crippen LogP contribution in [0.4, 0.5) is 0 Å². The van der Waals surface area contributed by atoms with E-state index in [0.717, 1.165) is 38.5 Å². The highest BCUT2D eigenvalue weighted by molar-refractivity contribution is 5.76. The molecular weight excluding hydrogens is 1030 g/mol. The highest BCUT2D eigenvalue weighted by Crippen LogP contribution is 2.20. The molecule has 0 radical (unpaired) electrons. The largest absolute Gasteiger partial charge is 0.466 e. The number of esters is 1. The highest BCUT2D eigenvalue weighted by atomic mass is 16.5. The SMILES string of the molecule is CCCCCCCCCCCCCCCCCCCCC(=O)OCCCCCCCCCCCCCCCC/C=C\CCCCCCCCCCCCCCCCCCCC(=O)NC(CO)C(O)CCCCCCCCCCCCCCCC. The summed E-state index contributed by atoms with van der Waals surface area (Å²) in [5.74, 6) is -0.00226. The Hall–Kier alpha value is -1.40. The number of allylic oxidation sites excluding steroid dienone is 2. The first kappa shape index (κ1) is 82.6. The lowest BCUT2D eigenvalue weighted by molar-refractivity contribution is -0.143. The first-order valence-corrected chi connectivity index (χ1v) is 38.9. The summed E-state index contributed by atoms with van der Waals surface area (Å²) in [5.41, 5.74) is 0. The van der Waals surface area contributed by atoms with Gasteiger partial charge >= 0.3 is 5.97 Å². The van der Waals surface area contributed by atoms with E-state index in [1.165, 1.54) is 379 Å². The Kier molecular flexibility index (Phi) is 72.8. The second-order valence-corrected chi connectivity index (χ2v) is 27.0. The van der Waals surface area contributed by atoms with Gasteiger partial charge in [0.15, 0.2) is 0 Å². The molecule has 0 aliphatic carbocycles. The van der Waals surface area contributed by atoms with Gasteiger partial charge in [-0.15, -0.1) is 0 Å². The number of rotatable bonds is 74. The number of ether oxygens (including phenoxy) is 1. The summed E-state index contributed by atoms with van der Waals surface area (Å²) in [7, 11) is 0. The Labute approximate surface area is 527 Å². The van der Waals surface area contributed by atoms with Crippen LogP contribution in [0.15, 0.2) is 12.2 Å². The fourth-order valence-corrected chi connectivity index (χ4v) is 12.6. The average Bonchev–Trinajstić information content (AvgIpc) is 3.54. The Morgan fingerprint density at radius 1 is 0.321 bits per heavy atom. The summed E-state index contributed by atoms with van der Waals surface area (Å²) in [4.78, 5) is 24.6. The van der Waals surface area contributed by atoms with E-state index in [9.17, 15) is 19.8 Å². The third kappa shape index (κ3) is 69.7. The first-order valence-electron chi connectivity index (χ1n) is 38.9. The van der Waals surface area contributed by atoms with Crippen LogP contribution in [-0.4, -0.2) is 47.4 Å². The molecular formula is C78H153NO5. The molecule has 0 bridgehead atoms. The van der Waals surface area contributed by atoms with Gasteiger partial charge in [-0.25, -0.2) is 0 Å². The van der Waals surface area contributed by atoms with E-state index in [-0.39, 0.29) is 18.5 Å². The number of hydrogen-bond donors (Lipinski definition) is 3. The number of unbranched alkanes of at least 4 members (excludes halogenated alkanes) is 61. The van der Waals surface area contributed by atoms with Crippen molar-refractivity contribution in [2.75, 3.05) is 13.2 Å². The molecule has 0 rings (SSSR count). The number of nitrogens with one attached hydrogen (secondary N) is 1. The molecule has 2 unspecified atom stereocenters. The Morgan fingerprint density at radius 2 is 0.560 bits per heavy atom. The van der Waals surface area contributed by atoms with Gasteiger partial charge in [0.25, 0.3) is 0 Å². The van der Waals surface area contributed by atoms with Crippen LogP contribution in [0.2, 0.25) is 0 Å². The van der Waals surface area contributed by atoms with E-state index in [0.29, 0.717) is 25.9 Å². The second-order valence-electron chi connectivity index (χ2n) is 27.0. The van der Waals surface area contributed by atoms with Crippen LogP contribution in [0.3, 0.4) is 0 Å². The van der Waals surface area contributed by atoms with Gasteiger partial charge in [0.2, 0.25) is 5.91 Å². The number of amides is 1. The lowest BCUT2D eigenvalue weighted by atomic mass is 10.0. The van der Waals surface area contributed by atoms with Gasteiger partial charge in [0.1, 0.15) is 0 Å². The summed E-state index contributed by atoms with van der Waals surface area (Å²) in [5, 5.41) is 23.3. The molecule has 0 saturated heterocycles. The second kappa shape index (κ2) is 74.1. The van der Waals surface area contributed by atoms with Crippen LogP contribution in [-0.2, 0) is 14.3 Å². The molecule has 0 spiro atoms. The molecule has 0 aromatic heterocycles. The smallest absolute Gasteiger partial charge is 0.305 e. The van der Waals surface area contributed by atoms with Crippen molar-refractivity contribution in [2.45, 2.75) is 463 Å². The summed E-state index contributed by atoms with van der Waals surface area (Å²) in [6.07, 6.45) is 93.1. The van der Waals surface area contributed by atoms with Crippen molar-refractivity contribution in [1.29, 1.82) is 0 Å². The maximum absolute atomic E-state index is 12.5. The van der Waals surface area contributed by atoms with Gasteiger partial charge in [-0.1, -0.05) is 398 Å². The molecule has 500 valence electrons. The van der Waals surface area contributed by atoms with Gasteiger partial charge in [-0.2, -0.15) is 0 Å². The predicted octanol–water partition coefficient (Wildman–Crippen LogP) is 25.5. The van der Waals surface area contributed by atoms with Crippen LogP contribution >= 0.6 is 0 Å². The normalized spacial score (nSPS) is 12.5. The van der Waals surface area contributed by atoms with Gasteiger partial charge in [-0.05, 0) is 51.4 Å². The summed E-state index contributed by atoms with van der Waals surface area (Å²) >= 11 is 0. The summed E-state index contributed by atoms with van der Waals surface area (Å²) < 4.78 is 5.52. The average molecular weight is 1190 g/mol. The molecule has 84 heavy (non-hydrogen) atoms. The molecule has 0 aromatic rings. The summed E-state index contributed by atoms with van der Waals surface area (Å²) in [6.45, 7) is 5.01. The van der Waals surface area contributed by atoms with E-state index in [2.05, 4.69) is 31.3 Å². The van der Waals surface area contributed by atoms with Gasteiger partial charge in [-0.3, -0.25) is 9.59 Å². The Morgan fingerprint density at radius 3 is 0.845 bits per heavy atom. The standard InChI is InChI=1S/C78H153NO5/c1-3-5-7-9-11-13-15-17-19-20-41-44-48-52-56-60-64-68-72-78(83)84-73-69-65-61-57-53-49-45-42-39-37-35-33-31-29-27-25-23-21-22-24-26-28-30-32-34-36-38-40-43-47-51-55-59-63-67-71-77(82)79-75(74-80)76(81)70-66-62-58-54-50-46-18-16-14-12-10-8-6-4-2/h23,25,75-76,80-81H,3-22,24,26-74H2,1-2H3,(H,79,82)/b25-23-. The predicted molar refractivity (Wildman–Crippen MR) is 370 cm³/mol. The fourth-order valence-electron chi connectivity index (χ4n) is 12.6. The number of carbonyl (C=O) groups is 2. The van der Waals surface area contributed by atoms with Crippen LogP contribution in [0.25, 0.3) is 0 Å². The van der Waals surface area contributed by atoms with Crippen LogP contribution in [0.1, 0.15) is 450 Å². The summed E-state index contributed by atoms with van der Waals surface area (Å²) in [6, 6.07) is -0.538. The minimum Gasteiger partial charge on any atom is -0.466 e. The van der Waals surface area contributed by atoms with Gasteiger partial charge in [0, 0.05) is 12.8 Å². The zero-order chi connectivity index (χ0) is 60.6. The highest BCUT2D eigenvalue weighted by Gasteiger charge is 2.20. The van der Waals surface area contributed by atoms with Gasteiger partial charge in [0.05, 0.1) is 25.4 Å². The number of aliphatic hydroxyl groups excluding tert-OH is 2. The zero-order valence-electron chi connectivity index (χ0n) is 57.4. The van der Waals surface area contributed by atoms with Crippen molar-refractivity contribution in [2.24, 2.45) is 0 Å². The van der Waals surface area contributed by atoms with E-state index >= 15 is 0 Å². The molecule has 6 heteroatoms. The van der Waals surface area contributed by atoms with Crippen LogP contribution in [0, 0.1) is 0 Å². The first-order chi connectivity index (χ1) is 41.5. The lowest BCUT2D eigenvalue weighted by Crippen LogP contribution is -2.45. The van der Waals surface area contributed by atoms with Crippen molar-refractivity contribution < 1.29 is 24.5 Å². The Balaban J connectivity index is 3.31. The minimum atomic E-state index is -0.661. The third-order valence-corrected chi connectivity index (χ3v) is 18.6. The molecule has 1 amide bonds. The quantitative estimate of drug-likeness (QED) is 0.0320. The number of hydrogen-bond acceptors (Lipinski definition) is 5. The molecule has 0 aromatic carbocycles. The molecule has 6 nitrogen and oxygen atoms in total. The molecule has 0 aliphatic rings. The minimum absolute atomic E-state index is 0.0258. The van der Waals surface area contributed by atoms with E-state index in [4.69, 9.17) is 4.74 Å². The third-order valence-electron chi connectivity index (χ3n) is 18.6. The van der Waals surface area contributed by atoms with Crippen molar-refractivity contribution >= 4 is 11.9 Å². The molecule has 0 aliphatic heterocycles. The molecule has 0 saturated carbocycles. The fraction of sp³-hybridized carbons (Fsp3) is 0.949.